The maximum atomic E-state index is 13.7. The molecule has 3 aromatic rings. The molecule has 1 unspecified atom stereocenters. The number of carboxylic acids is 1. The molecular formula is C26H22F6O2. The first-order valence-electron chi connectivity index (χ1n) is 10.5. The summed E-state index contributed by atoms with van der Waals surface area (Å²) in [6.45, 7) is 3.66. The maximum Gasteiger partial charge on any atom is 0.417 e. The molecule has 180 valence electrons. The molecule has 0 spiro atoms. The Labute approximate surface area is 192 Å². The third kappa shape index (κ3) is 5.79. The zero-order valence-corrected chi connectivity index (χ0v) is 18.3. The lowest BCUT2D eigenvalue weighted by Crippen LogP contribution is -2.14. The number of benzene rings is 3. The van der Waals surface area contributed by atoms with Crippen molar-refractivity contribution in [2.75, 3.05) is 0 Å². The minimum Gasteiger partial charge on any atom is -0.481 e. The summed E-state index contributed by atoms with van der Waals surface area (Å²) in [6.07, 6.45) is -8.94. The third-order valence-electron chi connectivity index (χ3n) is 5.45. The van der Waals surface area contributed by atoms with Crippen molar-refractivity contribution in [3.63, 3.8) is 0 Å². The molecule has 0 aliphatic rings. The Bertz CT molecular complexity index is 1160. The molecule has 2 nitrogen and oxygen atoms in total. The monoisotopic (exact) mass is 480 g/mol. The molecule has 0 aliphatic heterocycles. The van der Waals surface area contributed by atoms with Crippen molar-refractivity contribution in [3.05, 3.63) is 83.4 Å². The fraction of sp³-hybridized carbons (Fsp3) is 0.269. The summed E-state index contributed by atoms with van der Waals surface area (Å²) in [7, 11) is 0. The number of rotatable bonds is 6. The minimum absolute atomic E-state index is 0.0123. The molecule has 1 atom stereocenters. The van der Waals surface area contributed by atoms with Crippen molar-refractivity contribution in [2.24, 2.45) is 5.92 Å². The van der Waals surface area contributed by atoms with E-state index in [1.165, 1.54) is 48.5 Å². The average molecular weight is 480 g/mol. The highest BCUT2D eigenvalue weighted by Crippen LogP contribution is 2.40. The van der Waals surface area contributed by atoms with Crippen LogP contribution >= 0.6 is 0 Å². The van der Waals surface area contributed by atoms with Gasteiger partial charge in [-0.3, -0.25) is 4.79 Å². The van der Waals surface area contributed by atoms with E-state index in [4.69, 9.17) is 0 Å². The fourth-order valence-corrected chi connectivity index (χ4v) is 3.86. The first-order chi connectivity index (χ1) is 15.8. The van der Waals surface area contributed by atoms with Gasteiger partial charge in [0.05, 0.1) is 17.0 Å². The average Bonchev–Trinajstić information content (AvgIpc) is 2.76. The third-order valence-corrected chi connectivity index (χ3v) is 5.45. The van der Waals surface area contributed by atoms with E-state index < -0.39 is 35.4 Å². The SMILES string of the molecule is CC(C)CC(C(=O)O)c1cc(-c2ccc(C(F)(F)F)cc2)cc(-c2ccccc2C(F)(F)F)c1. The van der Waals surface area contributed by atoms with Gasteiger partial charge in [0.1, 0.15) is 0 Å². The van der Waals surface area contributed by atoms with Crippen molar-refractivity contribution in [1.82, 2.24) is 0 Å². The predicted octanol–water partition coefficient (Wildman–Crippen LogP) is 8.27. The molecule has 34 heavy (non-hydrogen) atoms. The zero-order valence-electron chi connectivity index (χ0n) is 18.3. The van der Waals surface area contributed by atoms with E-state index >= 15 is 0 Å². The number of aliphatic carboxylic acids is 1. The topological polar surface area (TPSA) is 37.3 Å². The van der Waals surface area contributed by atoms with Gasteiger partial charge in [-0.05, 0) is 64.4 Å². The van der Waals surface area contributed by atoms with E-state index in [9.17, 15) is 36.2 Å². The molecule has 0 aromatic heterocycles. The second-order valence-electron chi connectivity index (χ2n) is 8.48. The normalized spacial score (nSPS) is 13.2. The van der Waals surface area contributed by atoms with Gasteiger partial charge < -0.3 is 5.11 Å². The second kappa shape index (κ2) is 9.52. The molecule has 3 rings (SSSR count). The van der Waals surface area contributed by atoms with Gasteiger partial charge in [-0.15, -0.1) is 0 Å². The number of carboxylic acid groups (broad SMARTS) is 1. The van der Waals surface area contributed by atoms with Gasteiger partial charge in [-0.2, -0.15) is 26.3 Å². The molecule has 0 saturated carbocycles. The van der Waals surface area contributed by atoms with Gasteiger partial charge in [0.15, 0.2) is 0 Å². The van der Waals surface area contributed by atoms with Gasteiger partial charge in [-0.1, -0.05) is 56.3 Å². The quantitative estimate of drug-likeness (QED) is 0.361. The maximum absolute atomic E-state index is 13.7. The molecule has 0 fully saturated rings. The lowest BCUT2D eigenvalue weighted by molar-refractivity contribution is -0.139. The Balaban J connectivity index is 2.24. The van der Waals surface area contributed by atoms with Crippen LogP contribution in [0, 0.1) is 5.92 Å². The lowest BCUT2D eigenvalue weighted by Gasteiger charge is -2.19. The Hall–Kier alpha value is -3.29. The molecule has 0 heterocycles. The highest BCUT2D eigenvalue weighted by atomic mass is 19.4. The minimum atomic E-state index is -4.65. The van der Waals surface area contributed by atoms with Crippen LogP contribution in [0.5, 0.6) is 0 Å². The van der Waals surface area contributed by atoms with Crippen LogP contribution in [0.15, 0.2) is 66.7 Å². The zero-order chi connectivity index (χ0) is 25.3. The van der Waals surface area contributed by atoms with Gasteiger partial charge in [0.2, 0.25) is 0 Å². The van der Waals surface area contributed by atoms with Crippen LogP contribution < -0.4 is 0 Å². The molecule has 0 bridgehead atoms. The summed E-state index contributed by atoms with van der Waals surface area (Å²) in [5.74, 6) is -2.14. The summed E-state index contributed by atoms with van der Waals surface area (Å²) in [6, 6.07) is 13.5. The van der Waals surface area contributed by atoms with E-state index in [1.54, 1.807) is 0 Å². The van der Waals surface area contributed by atoms with E-state index in [0.29, 0.717) is 11.1 Å². The molecule has 0 saturated heterocycles. The van der Waals surface area contributed by atoms with Crippen LogP contribution in [-0.4, -0.2) is 11.1 Å². The smallest absolute Gasteiger partial charge is 0.417 e. The molecular weight excluding hydrogens is 458 g/mol. The van der Waals surface area contributed by atoms with Crippen molar-refractivity contribution in [1.29, 1.82) is 0 Å². The number of halogens is 6. The van der Waals surface area contributed by atoms with Crippen LogP contribution in [0.1, 0.15) is 42.9 Å². The van der Waals surface area contributed by atoms with E-state index in [1.807, 2.05) is 13.8 Å². The van der Waals surface area contributed by atoms with Gasteiger partial charge in [-0.25, -0.2) is 0 Å². The summed E-state index contributed by atoms with van der Waals surface area (Å²) in [4.78, 5) is 12.0. The Kier molecular flexibility index (Phi) is 7.10. The highest BCUT2D eigenvalue weighted by Gasteiger charge is 2.34. The van der Waals surface area contributed by atoms with E-state index in [2.05, 4.69) is 0 Å². The predicted molar refractivity (Wildman–Crippen MR) is 117 cm³/mol. The molecule has 0 radical (unpaired) electrons. The van der Waals surface area contributed by atoms with Crippen LogP contribution in [0.25, 0.3) is 22.3 Å². The number of alkyl halides is 6. The number of hydrogen-bond donors (Lipinski definition) is 1. The second-order valence-corrected chi connectivity index (χ2v) is 8.48. The highest BCUT2D eigenvalue weighted by molar-refractivity contribution is 5.81. The number of hydrogen-bond acceptors (Lipinski definition) is 1. The molecule has 0 aliphatic carbocycles. The van der Waals surface area contributed by atoms with Gasteiger partial charge in [0.25, 0.3) is 0 Å². The van der Waals surface area contributed by atoms with Crippen LogP contribution in [0.4, 0.5) is 26.3 Å². The summed E-state index contributed by atoms with van der Waals surface area (Å²) < 4.78 is 79.9. The summed E-state index contributed by atoms with van der Waals surface area (Å²) in [5, 5.41) is 9.80. The van der Waals surface area contributed by atoms with E-state index in [0.717, 1.165) is 18.2 Å². The first-order valence-corrected chi connectivity index (χ1v) is 10.5. The fourth-order valence-electron chi connectivity index (χ4n) is 3.86. The van der Waals surface area contributed by atoms with Crippen LogP contribution in [0.3, 0.4) is 0 Å². The van der Waals surface area contributed by atoms with Crippen molar-refractivity contribution in [2.45, 2.75) is 38.5 Å². The molecule has 1 N–H and O–H groups in total. The van der Waals surface area contributed by atoms with E-state index in [-0.39, 0.29) is 29.0 Å². The molecule has 8 heteroatoms. The summed E-state index contributed by atoms with van der Waals surface area (Å²) >= 11 is 0. The van der Waals surface area contributed by atoms with Gasteiger partial charge in [0, 0.05) is 0 Å². The molecule has 3 aromatic carbocycles. The van der Waals surface area contributed by atoms with Crippen LogP contribution in [-0.2, 0) is 17.1 Å². The van der Waals surface area contributed by atoms with Crippen molar-refractivity contribution >= 4 is 5.97 Å². The Morgan fingerprint density at radius 1 is 0.794 bits per heavy atom. The lowest BCUT2D eigenvalue weighted by atomic mass is 9.85. The van der Waals surface area contributed by atoms with Crippen LogP contribution in [0.2, 0.25) is 0 Å². The van der Waals surface area contributed by atoms with Gasteiger partial charge >= 0.3 is 18.3 Å². The largest absolute Gasteiger partial charge is 0.481 e. The Morgan fingerprint density at radius 2 is 1.38 bits per heavy atom. The first kappa shape index (κ1) is 25.3. The standard InChI is InChI=1S/C26H22F6O2/c1-15(2)11-22(24(33)34)19-13-17(16-7-9-20(10-8-16)25(27,28)29)12-18(14-19)21-5-3-4-6-23(21)26(30,31)32/h3-10,12-15,22H,11H2,1-2H3,(H,33,34). The van der Waals surface area contributed by atoms with Crippen molar-refractivity contribution < 1.29 is 36.2 Å². The molecule has 0 amide bonds. The summed E-state index contributed by atoms with van der Waals surface area (Å²) in [5.41, 5.74) is -0.818. The van der Waals surface area contributed by atoms with Crippen molar-refractivity contribution in [3.8, 4) is 22.3 Å². The Morgan fingerprint density at radius 3 is 1.91 bits per heavy atom. The number of carbonyl (C=O) groups is 1.